The molecule has 0 aromatic heterocycles. The van der Waals surface area contributed by atoms with E-state index in [2.05, 4.69) is 45.9 Å². The Morgan fingerprint density at radius 2 is 1.96 bits per heavy atom. The van der Waals surface area contributed by atoms with Crippen LogP contribution in [0.5, 0.6) is 0 Å². The Morgan fingerprint density at radius 1 is 1.21 bits per heavy atom. The number of carbonyl (C=O) groups is 1. The molecule has 2 atom stereocenters. The van der Waals surface area contributed by atoms with E-state index in [4.69, 9.17) is 9.47 Å². The van der Waals surface area contributed by atoms with Crippen LogP contribution < -0.4 is 0 Å². The third-order valence-electron chi connectivity index (χ3n) is 4.89. The Kier molecular flexibility index (Phi) is 6.61. The minimum atomic E-state index is -0.146. The lowest BCUT2D eigenvalue weighted by molar-refractivity contribution is -0.139. The summed E-state index contributed by atoms with van der Waals surface area (Å²) < 4.78 is 11.2. The zero-order chi connectivity index (χ0) is 17.7. The molecular formula is C21H30O3. The van der Waals surface area contributed by atoms with E-state index in [-0.39, 0.29) is 18.2 Å². The molecule has 0 aromatic rings. The molecule has 0 radical (unpaired) electrons. The topological polar surface area (TPSA) is 35.5 Å². The lowest BCUT2D eigenvalue weighted by Crippen LogP contribution is -2.12. The lowest BCUT2D eigenvalue weighted by Gasteiger charge is -2.16. The van der Waals surface area contributed by atoms with Gasteiger partial charge in [-0.25, -0.2) is 4.79 Å². The van der Waals surface area contributed by atoms with E-state index in [1.54, 1.807) is 7.11 Å². The van der Waals surface area contributed by atoms with Crippen molar-refractivity contribution in [2.45, 2.75) is 65.6 Å². The summed E-state index contributed by atoms with van der Waals surface area (Å²) in [5.74, 6) is 0.311. The number of methoxy groups -OCH3 is 1. The molecule has 0 aromatic carbocycles. The standard InChI is InChI=1S/C21H30O3/c1-14(2)17-8-7-16(4)20(23-5)11-6-15(3)12-19-13-18(10-9-17)21(22)24-19/h6-8,13-14,19-20H,9-12H2,1-5H3. The average Bonchev–Trinajstić information content (AvgIpc) is 2.86. The van der Waals surface area contributed by atoms with E-state index in [1.807, 2.05) is 6.08 Å². The number of allylic oxidation sites excluding steroid dienone is 3. The van der Waals surface area contributed by atoms with Crippen molar-refractivity contribution in [1.29, 1.82) is 0 Å². The van der Waals surface area contributed by atoms with Gasteiger partial charge in [0.25, 0.3) is 0 Å². The molecular weight excluding hydrogens is 300 g/mol. The number of hydrogen-bond donors (Lipinski definition) is 0. The fourth-order valence-electron chi connectivity index (χ4n) is 3.19. The second-order valence-electron chi connectivity index (χ2n) is 7.16. The van der Waals surface area contributed by atoms with Gasteiger partial charge in [0.2, 0.25) is 0 Å². The number of carbonyl (C=O) groups excluding carboxylic acids is 1. The van der Waals surface area contributed by atoms with E-state index in [0.29, 0.717) is 5.92 Å². The average molecular weight is 330 g/mol. The first-order chi connectivity index (χ1) is 11.4. The Hall–Kier alpha value is -1.61. The minimum absolute atomic E-state index is 0.0878. The Balaban J connectivity index is 2.31. The van der Waals surface area contributed by atoms with Crippen molar-refractivity contribution >= 4 is 5.97 Å². The number of fused-ring (bicyclic) bond motifs is 1. The summed E-state index contributed by atoms with van der Waals surface area (Å²) in [6.07, 6.45) is 11.8. The number of hydrogen-bond acceptors (Lipinski definition) is 3. The summed E-state index contributed by atoms with van der Waals surface area (Å²) in [7, 11) is 1.76. The molecule has 0 saturated heterocycles. The SMILES string of the molecule is COC1CC=C(C)CC2C=C(CCC(C(C)C)=CC=C1C)C(=O)O2. The van der Waals surface area contributed by atoms with Crippen molar-refractivity contribution in [3.8, 4) is 0 Å². The van der Waals surface area contributed by atoms with Gasteiger partial charge in [-0.1, -0.05) is 43.2 Å². The molecule has 1 heterocycles. The van der Waals surface area contributed by atoms with Crippen molar-refractivity contribution in [2.24, 2.45) is 5.92 Å². The molecule has 1 aliphatic heterocycles. The fourth-order valence-corrected chi connectivity index (χ4v) is 3.19. The van der Waals surface area contributed by atoms with E-state index in [1.165, 1.54) is 16.7 Å². The quantitative estimate of drug-likeness (QED) is 0.533. The highest BCUT2D eigenvalue weighted by Crippen LogP contribution is 2.27. The van der Waals surface area contributed by atoms with Crippen LogP contribution in [0.4, 0.5) is 0 Å². The molecule has 0 fully saturated rings. The molecule has 3 nitrogen and oxygen atoms in total. The fraction of sp³-hybridized carbons (Fsp3) is 0.571. The van der Waals surface area contributed by atoms with Crippen LogP contribution in [0.25, 0.3) is 0 Å². The predicted octanol–water partition coefficient (Wildman–Crippen LogP) is 4.90. The summed E-state index contributed by atoms with van der Waals surface area (Å²) in [6, 6.07) is 0. The van der Waals surface area contributed by atoms with Gasteiger partial charge in [0.1, 0.15) is 6.10 Å². The minimum Gasteiger partial charge on any atom is -0.454 e. The van der Waals surface area contributed by atoms with Crippen LogP contribution in [0.2, 0.25) is 0 Å². The molecule has 1 aliphatic carbocycles. The van der Waals surface area contributed by atoms with Gasteiger partial charge in [-0.15, -0.1) is 0 Å². The van der Waals surface area contributed by atoms with Crippen LogP contribution >= 0.6 is 0 Å². The van der Waals surface area contributed by atoms with E-state index < -0.39 is 0 Å². The van der Waals surface area contributed by atoms with Crippen molar-refractivity contribution in [2.75, 3.05) is 7.11 Å². The third-order valence-corrected chi connectivity index (χ3v) is 4.89. The number of esters is 1. The Bertz CT molecular complexity index is 590. The van der Waals surface area contributed by atoms with Crippen LogP contribution in [0, 0.1) is 5.92 Å². The molecule has 2 unspecified atom stereocenters. The smallest absolute Gasteiger partial charge is 0.334 e. The first kappa shape index (κ1) is 18.7. The molecule has 3 heteroatoms. The molecule has 0 amide bonds. The maximum atomic E-state index is 12.1. The van der Waals surface area contributed by atoms with Gasteiger partial charge in [-0.2, -0.15) is 0 Å². The molecule has 2 bridgehead atoms. The normalized spacial score (nSPS) is 26.2. The van der Waals surface area contributed by atoms with Crippen LogP contribution in [0.15, 0.2) is 46.6 Å². The molecule has 2 aliphatic rings. The molecule has 0 N–H and O–H groups in total. The van der Waals surface area contributed by atoms with Gasteiger partial charge in [0.15, 0.2) is 0 Å². The van der Waals surface area contributed by atoms with Crippen molar-refractivity contribution in [3.05, 3.63) is 46.6 Å². The maximum absolute atomic E-state index is 12.1. The number of ether oxygens (including phenoxy) is 2. The monoisotopic (exact) mass is 330 g/mol. The highest BCUT2D eigenvalue weighted by molar-refractivity contribution is 5.90. The summed E-state index contributed by atoms with van der Waals surface area (Å²) in [4.78, 5) is 12.1. The first-order valence-electron chi connectivity index (χ1n) is 8.88. The van der Waals surface area contributed by atoms with Crippen LogP contribution in [0.3, 0.4) is 0 Å². The van der Waals surface area contributed by atoms with E-state index in [0.717, 1.165) is 31.3 Å². The van der Waals surface area contributed by atoms with Crippen LogP contribution in [-0.4, -0.2) is 25.3 Å². The second-order valence-corrected chi connectivity index (χ2v) is 7.16. The van der Waals surface area contributed by atoms with Gasteiger partial charge in [0, 0.05) is 19.1 Å². The van der Waals surface area contributed by atoms with E-state index in [9.17, 15) is 4.79 Å². The summed E-state index contributed by atoms with van der Waals surface area (Å²) >= 11 is 0. The van der Waals surface area contributed by atoms with Gasteiger partial charge in [0.05, 0.1) is 6.10 Å². The van der Waals surface area contributed by atoms with Gasteiger partial charge in [-0.05, 0) is 50.7 Å². The lowest BCUT2D eigenvalue weighted by atomic mass is 9.94. The molecule has 24 heavy (non-hydrogen) atoms. The highest BCUT2D eigenvalue weighted by Gasteiger charge is 2.25. The highest BCUT2D eigenvalue weighted by atomic mass is 16.5. The van der Waals surface area contributed by atoms with Crippen LogP contribution in [-0.2, 0) is 14.3 Å². The summed E-state index contributed by atoms with van der Waals surface area (Å²) in [5, 5.41) is 0. The predicted molar refractivity (Wildman–Crippen MR) is 97.7 cm³/mol. The molecule has 0 saturated carbocycles. The van der Waals surface area contributed by atoms with Gasteiger partial charge < -0.3 is 9.47 Å². The zero-order valence-corrected chi connectivity index (χ0v) is 15.6. The maximum Gasteiger partial charge on any atom is 0.334 e. The first-order valence-corrected chi connectivity index (χ1v) is 8.88. The second kappa shape index (κ2) is 8.48. The number of rotatable bonds is 2. The van der Waals surface area contributed by atoms with Gasteiger partial charge >= 0.3 is 5.97 Å². The molecule has 132 valence electrons. The zero-order valence-electron chi connectivity index (χ0n) is 15.6. The molecule has 2 rings (SSSR count). The summed E-state index contributed by atoms with van der Waals surface area (Å²) in [5.41, 5.74) is 4.64. The summed E-state index contributed by atoms with van der Waals surface area (Å²) in [6.45, 7) is 8.61. The third kappa shape index (κ3) is 4.94. The van der Waals surface area contributed by atoms with E-state index >= 15 is 0 Å². The Morgan fingerprint density at radius 3 is 2.62 bits per heavy atom. The van der Waals surface area contributed by atoms with Crippen molar-refractivity contribution in [3.63, 3.8) is 0 Å². The van der Waals surface area contributed by atoms with Crippen LogP contribution in [0.1, 0.15) is 53.4 Å². The van der Waals surface area contributed by atoms with Crippen molar-refractivity contribution in [1.82, 2.24) is 0 Å². The molecule has 0 spiro atoms. The Labute approximate surface area is 146 Å². The largest absolute Gasteiger partial charge is 0.454 e. The van der Waals surface area contributed by atoms with Gasteiger partial charge in [-0.3, -0.25) is 0 Å². The van der Waals surface area contributed by atoms with Crippen molar-refractivity contribution < 1.29 is 14.3 Å².